The lowest BCUT2D eigenvalue weighted by atomic mass is 9.98. The first-order valence-electron chi connectivity index (χ1n) is 10.9. The van der Waals surface area contributed by atoms with Gasteiger partial charge in [-0.3, -0.25) is 4.79 Å². The topological polar surface area (TPSA) is 42.0 Å². The molecule has 0 aliphatic rings. The molecule has 3 nitrogen and oxygen atoms in total. The number of hydrogen-bond donors (Lipinski definition) is 1. The van der Waals surface area contributed by atoms with E-state index >= 15 is 0 Å². The van der Waals surface area contributed by atoms with Gasteiger partial charge in [0.15, 0.2) is 0 Å². The summed E-state index contributed by atoms with van der Waals surface area (Å²) in [6, 6.07) is 24.5. The maximum Gasteiger partial charge on any atom is 0.252 e. The van der Waals surface area contributed by atoms with Crippen molar-refractivity contribution in [2.75, 3.05) is 0 Å². The molecule has 152 valence electrons. The number of pyridine rings is 1. The molecule has 1 N–H and O–H groups in total. The first-order chi connectivity index (χ1) is 14.7. The third kappa shape index (κ3) is 4.20. The lowest BCUT2D eigenvalue weighted by molar-refractivity contribution is 0.0939. The summed E-state index contributed by atoms with van der Waals surface area (Å²) in [5.41, 5.74) is 3.40. The van der Waals surface area contributed by atoms with E-state index in [1.807, 2.05) is 48.5 Å². The molecular weight excluding hydrogens is 368 g/mol. The van der Waals surface area contributed by atoms with Crippen molar-refractivity contribution >= 4 is 27.6 Å². The van der Waals surface area contributed by atoms with Gasteiger partial charge in [0.2, 0.25) is 0 Å². The van der Waals surface area contributed by atoms with E-state index in [0.717, 1.165) is 40.4 Å². The van der Waals surface area contributed by atoms with Gasteiger partial charge in [-0.2, -0.15) is 0 Å². The molecule has 1 atom stereocenters. The molecule has 4 aromatic rings. The van der Waals surface area contributed by atoms with Crippen LogP contribution in [0, 0.1) is 0 Å². The Morgan fingerprint density at radius 3 is 2.50 bits per heavy atom. The Morgan fingerprint density at radius 2 is 1.67 bits per heavy atom. The molecule has 0 spiro atoms. The van der Waals surface area contributed by atoms with Gasteiger partial charge in [0.1, 0.15) is 0 Å². The first kappa shape index (κ1) is 20.1. The third-order valence-corrected chi connectivity index (χ3v) is 5.64. The van der Waals surface area contributed by atoms with Crippen LogP contribution in [0.1, 0.15) is 49.9 Å². The largest absolute Gasteiger partial charge is 0.350 e. The number of carbonyl (C=O) groups excluding carboxylic acids is 1. The van der Waals surface area contributed by atoms with Gasteiger partial charge in [-0.05, 0) is 36.2 Å². The van der Waals surface area contributed by atoms with E-state index in [1.54, 1.807) is 0 Å². The van der Waals surface area contributed by atoms with Crippen molar-refractivity contribution in [3.05, 3.63) is 78.4 Å². The normalized spacial score (nSPS) is 12.2. The zero-order valence-electron chi connectivity index (χ0n) is 17.7. The number of nitrogens with one attached hydrogen (secondary N) is 1. The van der Waals surface area contributed by atoms with Gasteiger partial charge in [0, 0.05) is 17.0 Å². The summed E-state index contributed by atoms with van der Waals surface area (Å²) >= 11 is 0. The maximum atomic E-state index is 13.2. The van der Waals surface area contributed by atoms with E-state index in [1.165, 1.54) is 18.2 Å². The van der Waals surface area contributed by atoms with Crippen molar-refractivity contribution < 1.29 is 4.79 Å². The predicted octanol–water partition coefficient (Wildman–Crippen LogP) is 6.75. The number of rotatable bonds is 7. The van der Waals surface area contributed by atoms with Crippen molar-refractivity contribution in [3.8, 4) is 11.3 Å². The zero-order chi connectivity index (χ0) is 20.9. The number of benzene rings is 3. The monoisotopic (exact) mass is 396 g/mol. The second-order valence-corrected chi connectivity index (χ2v) is 7.97. The summed E-state index contributed by atoms with van der Waals surface area (Å²) in [5, 5.41) is 6.39. The van der Waals surface area contributed by atoms with E-state index in [0.29, 0.717) is 5.56 Å². The number of aromatic nitrogens is 1. The highest BCUT2D eigenvalue weighted by atomic mass is 16.1. The number of hydrogen-bond acceptors (Lipinski definition) is 2. The molecule has 0 bridgehead atoms. The van der Waals surface area contributed by atoms with E-state index in [2.05, 4.69) is 43.4 Å². The highest BCUT2D eigenvalue weighted by molar-refractivity contribution is 6.08. The highest BCUT2D eigenvalue weighted by Gasteiger charge is 2.16. The van der Waals surface area contributed by atoms with Crippen molar-refractivity contribution in [2.24, 2.45) is 0 Å². The molecule has 30 heavy (non-hydrogen) atoms. The molecule has 0 aliphatic carbocycles. The minimum atomic E-state index is -0.0286. The Kier molecular flexibility index (Phi) is 6.08. The van der Waals surface area contributed by atoms with Crippen LogP contribution >= 0.6 is 0 Å². The fraction of sp³-hybridized carbons (Fsp3) is 0.259. The van der Waals surface area contributed by atoms with E-state index in [9.17, 15) is 4.79 Å². The molecule has 0 aliphatic heterocycles. The summed E-state index contributed by atoms with van der Waals surface area (Å²) in [5.74, 6) is -0.0286. The van der Waals surface area contributed by atoms with Crippen LogP contribution in [-0.2, 0) is 0 Å². The summed E-state index contributed by atoms with van der Waals surface area (Å²) in [7, 11) is 0. The summed E-state index contributed by atoms with van der Waals surface area (Å²) in [6.07, 6.45) is 4.52. The smallest absolute Gasteiger partial charge is 0.252 e. The van der Waals surface area contributed by atoms with Crippen molar-refractivity contribution in [1.82, 2.24) is 10.3 Å². The summed E-state index contributed by atoms with van der Waals surface area (Å²) in [4.78, 5) is 18.1. The van der Waals surface area contributed by atoms with Crippen molar-refractivity contribution in [2.45, 2.75) is 45.6 Å². The molecule has 0 fully saturated rings. The van der Waals surface area contributed by atoms with Gasteiger partial charge in [-0.25, -0.2) is 4.98 Å². The van der Waals surface area contributed by atoms with Crippen LogP contribution in [0.25, 0.3) is 32.9 Å². The van der Waals surface area contributed by atoms with Crippen LogP contribution in [0.4, 0.5) is 0 Å². The number of unbranched alkanes of at least 4 members (excludes halogenated alkanes) is 2. The maximum absolute atomic E-state index is 13.2. The second kappa shape index (κ2) is 9.08. The predicted molar refractivity (Wildman–Crippen MR) is 126 cm³/mol. The van der Waals surface area contributed by atoms with E-state index in [4.69, 9.17) is 4.98 Å². The molecule has 1 amide bonds. The van der Waals surface area contributed by atoms with Crippen LogP contribution in [0.15, 0.2) is 72.8 Å². The molecule has 3 aromatic carbocycles. The Bertz CT molecular complexity index is 1180. The lowest BCUT2D eigenvalue weighted by Crippen LogP contribution is -2.32. The molecule has 0 saturated carbocycles. The standard InChI is InChI=1S/C27H28N2O/c1-3-4-5-11-19(2)28-27(30)24-18-26(29-25-17-9-8-15-23(24)25)22-16-10-13-20-12-6-7-14-21(20)22/h6-10,12-19H,3-5,11H2,1-2H3,(H,28,30). The van der Waals surface area contributed by atoms with Crippen LogP contribution in [-0.4, -0.2) is 16.9 Å². The Balaban J connectivity index is 1.76. The third-order valence-electron chi connectivity index (χ3n) is 5.64. The van der Waals surface area contributed by atoms with Crippen LogP contribution in [0.3, 0.4) is 0 Å². The molecule has 1 unspecified atom stereocenters. The van der Waals surface area contributed by atoms with Gasteiger partial charge in [0.05, 0.1) is 16.8 Å². The lowest BCUT2D eigenvalue weighted by Gasteiger charge is -2.16. The second-order valence-electron chi connectivity index (χ2n) is 7.97. The SMILES string of the molecule is CCCCCC(C)NC(=O)c1cc(-c2cccc3ccccc23)nc2ccccc12. The van der Waals surface area contributed by atoms with Gasteiger partial charge in [-0.1, -0.05) is 86.8 Å². The van der Waals surface area contributed by atoms with Gasteiger partial charge >= 0.3 is 0 Å². The Labute approximate surface area is 178 Å². The van der Waals surface area contributed by atoms with Crippen LogP contribution in [0.5, 0.6) is 0 Å². The summed E-state index contributed by atoms with van der Waals surface area (Å²) < 4.78 is 0. The fourth-order valence-electron chi connectivity index (χ4n) is 4.02. The molecular formula is C27H28N2O. The molecule has 1 aromatic heterocycles. The van der Waals surface area contributed by atoms with Gasteiger partial charge < -0.3 is 5.32 Å². The number of nitrogens with zero attached hydrogens (tertiary/aromatic N) is 1. The molecule has 4 rings (SSSR count). The Morgan fingerprint density at radius 1 is 0.933 bits per heavy atom. The van der Waals surface area contributed by atoms with E-state index in [-0.39, 0.29) is 11.9 Å². The molecule has 3 heteroatoms. The highest BCUT2D eigenvalue weighted by Crippen LogP contribution is 2.30. The quantitative estimate of drug-likeness (QED) is 0.351. The van der Waals surface area contributed by atoms with Crippen molar-refractivity contribution in [3.63, 3.8) is 0 Å². The molecule has 0 radical (unpaired) electrons. The zero-order valence-corrected chi connectivity index (χ0v) is 17.7. The number of para-hydroxylation sites is 1. The van der Waals surface area contributed by atoms with Crippen LogP contribution < -0.4 is 5.32 Å². The fourth-order valence-corrected chi connectivity index (χ4v) is 4.02. The van der Waals surface area contributed by atoms with Crippen molar-refractivity contribution in [1.29, 1.82) is 0 Å². The number of amides is 1. The first-order valence-corrected chi connectivity index (χ1v) is 10.9. The Hall–Kier alpha value is -3.20. The minimum absolute atomic E-state index is 0.0286. The number of carbonyl (C=O) groups is 1. The van der Waals surface area contributed by atoms with Gasteiger partial charge in [0.25, 0.3) is 5.91 Å². The molecule has 1 heterocycles. The number of fused-ring (bicyclic) bond motifs is 2. The van der Waals surface area contributed by atoms with Crippen LogP contribution in [0.2, 0.25) is 0 Å². The minimum Gasteiger partial charge on any atom is -0.350 e. The van der Waals surface area contributed by atoms with Gasteiger partial charge in [-0.15, -0.1) is 0 Å². The summed E-state index contributed by atoms with van der Waals surface area (Å²) in [6.45, 7) is 4.28. The van der Waals surface area contributed by atoms with E-state index < -0.39 is 0 Å². The average Bonchev–Trinajstić information content (AvgIpc) is 2.78. The average molecular weight is 397 g/mol. The molecule has 0 saturated heterocycles.